The fourth-order valence-electron chi connectivity index (χ4n) is 3.25. The molecule has 0 bridgehead atoms. The molecule has 0 fully saturated rings. The van der Waals surface area contributed by atoms with Gasteiger partial charge < -0.3 is 10.1 Å². The van der Waals surface area contributed by atoms with E-state index in [1.165, 1.54) is 12.1 Å². The summed E-state index contributed by atoms with van der Waals surface area (Å²) in [5, 5.41) is 2.67. The molecule has 7 heteroatoms. The van der Waals surface area contributed by atoms with Gasteiger partial charge in [0.15, 0.2) is 0 Å². The molecule has 1 heterocycles. The zero-order valence-corrected chi connectivity index (χ0v) is 16.8. The van der Waals surface area contributed by atoms with Crippen LogP contribution in [0.2, 0.25) is 0 Å². The first-order chi connectivity index (χ1) is 13.6. The van der Waals surface area contributed by atoms with Gasteiger partial charge in [0.05, 0.1) is 23.7 Å². The van der Waals surface area contributed by atoms with E-state index in [9.17, 15) is 18.8 Å². The number of fused-ring (bicyclic) bond motifs is 1. The molecule has 1 N–H and O–H groups in total. The molecule has 0 saturated heterocycles. The van der Waals surface area contributed by atoms with E-state index in [1.54, 1.807) is 58.0 Å². The third-order valence-electron chi connectivity index (χ3n) is 4.55. The lowest BCUT2D eigenvalue weighted by atomic mass is 10.0. The number of nitrogens with zero attached hydrogens (tertiary/aromatic N) is 1. The molecule has 1 aliphatic rings. The molecule has 3 rings (SSSR count). The van der Waals surface area contributed by atoms with Gasteiger partial charge in [0, 0.05) is 5.56 Å². The number of carbonyl (C=O) groups excluding carboxylic acids is 3. The number of halogens is 1. The zero-order chi connectivity index (χ0) is 21.3. The molecule has 0 unspecified atom stereocenters. The first-order valence-electron chi connectivity index (χ1n) is 9.30. The van der Waals surface area contributed by atoms with Gasteiger partial charge >= 0.3 is 6.09 Å². The fraction of sp³-hybridized carbons (Fsp3) is 0.318. The average molecular weight is 398 g/mol. The number of benzene rings is 2. The number of ether oxygens (including phenoxy) is 1. The number of imide groups is 1. The molecule has 0 spiro atoms. The third-order valence-corrected chi connectivity index (χ3v) is 4.55. The second-order valence-electron chi connectivity index (χ2n) is 7.92. The highest BCUT2D eigenvalue weighted by molar-refractivity contribution is 6.21. The summed E-state index contributed by atoms with van der Waals surface area (Å²) in [6.07, 6.45) is -0.638. The Bertz CT molecular complexity index is 946. The number of nitrogens with one attached hydrogen (secondary N) is 1. The lowest BCUT2D eigenvalue weighted by Gasteiger charge is -2.24. The van der Waals surface area contributed by atoms with Crippen molar-refractivity contribution < 1.29 is 23.5 Å². The molecule has 6 nitrogen and oxygen atoms in total. The van der Waals surface area contributed by atoms with E-state index >= 15 is 0 Å². The molecule has 2 aromatic rings. The first-order valence-corrected chi connectivity index (χ1v) is 9.30. The van der Waals surface area contributed by atoms with Gasteiger partial charge in [0.2, 0.25) is 0 Å². The van der Waals surface area contributed by atoms with Crippen LogP contribution in [0.3, 0.4) is 0 Å². The van der Waals surface area contributed by atoms with Gasteiger partial charge in [-0.2, -0.15) is 0 Å². The van der Waals surface area contributed by atoms with Crippen molar-refractivity contribution in [2.75, 3.05) is 0 Å². The van der Waals surface area contributed by atoms with Gasteiger partial charge in [-0.3, -0.25) is 14.5 Å². The average Bonchev–Trinajstić information content (AvgIpc) is 2.86. The van der Waals surface area contributed by atoms with Crippen molar-refractivity contribution in [1.82, 2.24) is 10.2 Å². The number of amides is 3. The fourth-order valence-corrected chi connectivity index (χ4v) is 3.25. The van der Waals surface area contributed by atoms with E-state index in [1.807, 2.05) is 0 Å². The summed E-state index contributed by atoms with van der Waals surface area (Å²) >= 11 is 0. The highest BCUT2D eigenvalue weighted by atomic mass is 19.1. The van der Waals surface area contributed by atoms with Crippen LogP contribution in [-0.4, -0.2) is 28.4 Å². The van der Waals surface area contributed by atoms with E-state index in [2.05, 4.69) is 5.32 Å². The molecule has 1 aliphatic heterocycles. The molecule has 1 atom stereocenters. The summed E-state index contributed by atoms with van der Waals surface area (Å²) in [6.45, 7) is 6.69. The minimum atomic E-state index is -0.672. The summed E-state index contributed by atoms with van der Waals surface area (Å²) in [4.78, 5) is 38.4. The van der Waals surface area contributed by atoms with Gasteiger partial charge in [0.25, 0.3) is 11.8 Å². The quantitative estimate of drug-likeness (QED) is 0.783. The summed E-state index contributed by atoms with van der Waals surface area (Å²) in [5.74, 6) is -1.49. The van der Waals surface area contributed by atoms with Crippen LogP contribution in [0.4, 0.5) is 9.18 Å². The SMILES string of the molecule is C[C@H](NC(=O)OC(C)(C)C)c1cccc(F)c1CN1C(=O)c2ccccc2C1=O. The topological polar surface area (TPSA) is 75.7 Å². The lowest BCUT2D eigenvalue weighted by Crippen LogP contribution is -2.35. The molecule has 3 amide bonds. The Morgan fingerprint density at radius 3 is 2.21 bits per heavy atom. The summed E-state index contributed by atoms with van der Waals surface area (Å²) in [5.41, 5.74) is 0.568. The van der Waals surface area contributed by atoms with E-state index in [0.29, 0.717) is 16.7 Å². The second-order valence-corrected chi connectivity index (χ2v) is 7.92. The van der Waals surface area contributed by atoms with Gasteiger partial charge in [-0.25, -0.2) is 9.18 Å². The van der Waals surface area contributed by atoms with Crippen LogP contribution >= 0.6 is 0 Å². The number of rotatable bonds is 4. The Morgan fingerprint density at radius 1 is 1.07 bits per heavy atom. The molecule has 0 aliphatic carbocycles. The van der Waals surface area contributed by atoms with Crippen LogP contribution in [0.25, 0.3) is 0 Å². The van der Waals surface area contributed by atoms with Gasteiger partial charge in [-0.05, 0) is 51.5 Å². The van der Waals surface area contributed by atoms with Crippen molar-refractivity contribution in [2.24, 2.45) is 0 Å². The molecular formula is C22H23FN2O4. The van der Waals surface area contributed by atoms with Crippen molar-refractivity contribution >= 4 is 17.9 Å². The van der Waals surface area contributed by atoms with E-state index in [4.69, 9.17) is 4.74 Å². The monoisotopic (exact) mass is 398 g/mol. The zero-order valence-electron chi connectivity index (χ0n) is 16.8. The molecule has 0 radical (unpaired) electrons. The maximum absolute atomic E-state index is 14.7. The molecule has 0 saturated carbocycles. The maximum Gasteiger partial charge on any atom is 0.408 e. The van der Waals surface area contributed by atoms with Gasteiger partial charge in [-0.15, -0.1) is 0 Å². The molecular weight excluding hydrogens is 375 g/mol. The number of carbonyl (C=O) groups is 3. The van der Waals surface area contributed by atoms with E-state index < -0.39 is 35.4 Å². The molecule has 0 aromatic heterocycles. The summed E-state index contributed by atoms with van der Waals surface area (Å²) in [6, 6.07) is 10.3. The van der Waals surface area contributed by atoms with Gasteiger partial charge in [-0.1, -0.05) is 24.3 Å². The summed E-state index contributed by atoms with van der Waals surface area (Å²) in [7, 11) is 0. The third kappa shape index (κ3) is 4.29. The Morgan fingerprint density at radius 2 is 1.66 bits per heavy atom. The number of alkyl carbamates (subject to hydrolysis) is 1. The van der Waals surface area contributed by atoms with Crippen molar-refractivity contribution in [3.8, 4) is 0 Å². The van der Waals surface area contributed by atoms with E-state index in [-0.39, 0.29) is 12.1 Å². The Balaban J connectivity index is 1.85. The van der Waals surface area contributed by atoms with Crippen molar-refractivity contribution in [1.29, 1.82) is 0 Å². The smallest absolute Gasteiger partial charge is 0.408 e. The first kappa shape index (κ1) is 20.5. The van der Waals surface area contributed by atoms with Crippen molar-refractivity contribution in [2.45, 2.75) is 45.9 Å². The highest BCUT2D eigenvalue weighted by Crippen LogP contribution is 2.28. The minimum absolute atomic E-state index is 0.172. The van der Waals surface area contributed by atoms with Crippen molar-refractivity contribution in [3.63, 3.8) is 0 Å². The molecule has 152 valence electrons. The Kier molecular flexibility index (Phi) is 5.42. The predicted octanol–water partition coefficient (Wildman–Crippen LogP) is 4.21. The largest absolute Gasteiger partial charge is 0.444 e. The standard InChI is InChI=1S/C22H23FN2O4/c1-13(24-21(28)29-22(2,3)4)14-10-7-11-18(23)17(14)12-25-19(26)15-8-5-6-9-16(15)20(25)27/h5-11,13H,12H2,1-4H3,(H,24,28)/t13-/m0/s1. The van der Waals surface area contributed by atoms with Crippen molar-refractivity contribution in [3.05, 3.63) is 70.5 Å². The van der Waals surface area contributed by atoms with Crippen LogP contribution in [0.5, 0.6) is 0 Å². The normalized spacial score (nSPS) is 14.6. The summed E-state index contributed by atoms with van der Waals surface area (Å²) < 4.78 is 19.9. The maximum atomic E-state index is 14.7. The number of hydrogen-bond acceptors (Lipinski definition) is 4. The van der Waals surface area contributed by atoms with Crippen LogP contribution in [-0.2, 0) is 11.3 Å². The van der Waals surface area contributed by atoms with Crippen LogP contribution in [0.15, 0.2) is 42.5 Å². The van der Waals surface area contributed by atoms with E-state index in [0.717, 1.165) is 4.90 Å². The number of hydrogen-bond donors (Lipinski definition) is 1. The minimum Gasteiger partial charge on any atom is -0.444 e. The second kappa shape index (κ2) is 7.66. The predicted molar refractivity (Wildman–Crippen MR) is 105 cm³/mol. The Hall–Kier alpha value is -3.22. The molecule has 2 aromatic carbocycles. The van der Waals surface area contributed by atoms with Crippen LogP contribution in [0.1, 0.15) is 65.6 Å². The highest BCUT2D eigenvalue weighted by Gasteiger charge is 2.36. The van der Waals surface area contributed by atoms with Crippen LogP contribution < -0.4 is 5.32 Å². The van der Waals surface area contributed by atoms with Crippen LogP contribution in [0, 0.1) is 5.82 Å². The van der Waals surface area contributed by atoms with Gasteiger partial charge in [0.1, 0.15) is 11.4 Å². The lowest BCUT2D eigenvalue weighted by molar-refractivity contribution is 0.0504. The molecule has 29 heavy (non-hydrogen) atoms. The Labute approximate surface area is 168 Å².